The molecular formula is C93H107N9O3. The molecule has 3 aromatic carbocycles. The smallest absolute Gasteiger partial charge is 0.419 e. The molecule has 6 fully saturated rings. The van der Waals surface area contributed by atoms with Crippen LogP contribution in [0.5, 0.6) is 0 Å². The summed E-state index contributed by atoms with van der Waals surface area (Å²) in [6.07, 6.45) is 62.2. The first-order valence-corrected chi connectivity index (χ1v) is 40.5. The third-order valence-electron chi connectivity index (χ3n) is 31.4. The highest BCUT2D eigenvalue weighted by molar-refractivity contribution is 5.86. The van der Waals surface area contributed by atoms with Gasteiger partial charge >= 0.3 is 6.09 Å². The van der Waals surface area contributed by atoms with Crippen LogP contribution in [0.1, 0.15) is 188 Å². The summed E-state index contributed by atoms with van der Waals surface area (Å²) >= 11 is 0. The molecule has 0 amide bonds. The summed E-state index contributed by atoms with van der Waals surface area (Å²) in [6.45, 7) is 16.1. The van der Waals surface area contributed by atoms with Gasteiger partial charge in [0.2, 0.25) is 0 Å². The SMILES string of the molecule is C[C@]12CCC(OC(=O)n3ccnc3)CC1=CCC1C2CC[C@]2(C)C(n3cnc4ccccc43)=CCC12.C[C@]12CCC(OCc3ccncc3)CC1=CCC1C2CC[C@]2(C)C(n3ccc4ccccc43)=CCC12.C[C@]12CCC(n3ccnc3)CC1=CCC1C2CC[C@]2(C)C(n3ccc4ccccc43)=CCC12. The summed E-state index contributed by atoms with van der Waals surface area (Å²) in [6, 6.07) is 35.5. The molecule has 21 rings (SSSR count). The van der Waals surface area contributed by atoms with Gasteiger partial charge in [0.15, 0.2) is 0 Å². The van der Waals surface area contributed by atoms with Crippen LogP contribution in [-0.2, 0) is 16.1 Å². The second kappa shape index (κ2) is 26.0. The molecule has 0 spiro atoms. The van der Waals surface area contributed by atoms with Gasteiger partial charge in [-0.15, -0.1) is 0 Å². The molecule has 12 aliphatic carbocycles. The van der Waals surface area contributed by atoms with Crippen molar-refractivity contribution < 1.29 is 14.3 Å². The third-order valence-corrected chi connectivity index (χ3v) is 31.4. The Bertz CT molecular complexity index is 4960. The van der Waals surface area contributed by atoms with Crippen molar-refractivity contribution >= 4 is 56.0 Å². The number of pyridine rings is 1. The Kier molecular flexibility index (Phi) is 16.6. The van der Waals surface area contributed by atoms with E-state index in [1.54, 1.807) is 34.9 Å². The van der Waals surface area contributed by atoms with Gasteiger partial charge in [0, 0.05) is 95.4 Å². The highest BCUT2D eigenvalue weighted by Crippen LogP contribution is 2.70. The number of fused-ring (bicyclic) bond motifs is 18. The van der Waals surface area contributed by atoms with Crippen molar-refractivity contribution in [1.82, 2.24) is 42.8 Å². The number of nitrogens with zero attached hydrogens (tertiary/aromatic N) is 9. The number of ether oxygens (including phenoxy) is 2. The van der Waals surface area contributed by atoms with Gasteiger partial charge < -0.3 is 27.7 Å². The van der Waals surface area contributed by atoms with E-state index in [0.29, 0.717) is 52.8 Å². The Labute approximate surface area is 620 Å². The zero-order valence-electron chi connectivity index (χ0n) is 62.8. The van der Waals surface area contributed by atoms with Crippen LogP contribution in [0.25, 0.3) is 49.9 Å². The molecule has 9 aromatic rings. The Balaban J connectivity index is 0.000000108. The molecule has 6 heterocycles. The summed E-state index contributed by atoms with van der Waals surface area (Å²) in [5, 5.41) is 2.70. The molecule has 12 unspecified atom stereocenters. The van der Waals surface area contributed by atoms with E-state index in [4.69, 9.17) is 14.5 Å². The average Bonchev–Trinajstić information content (AvgIpc) is 1.65. The first-order valence-electron chi connectivity index (χ1n) is 40.5. The molecule has 6 saturated carbocycles. The quantitative estimate of drug-likeness (QED) is 0.139. The number of carbonyl (C=O) groups is 1. The van der Waals surface area contributed by atoms with Crippen molar-refractivity contribution in [2.45, 2.75) is 201 Å². The molecular weight excluding hydrogens is 1290 g/mol. The highest BCUT2D eigenvalue weighted by Gasteiger charge is 2.61. The predicted octanol–water partition coefficient (Wildman–Crippen LogP) is 22.2. The van der Waals surface area contributed by atoms with Crippen molar-refractivity contribution in [1.29, 1.82) is 0 Å². The topological polar surface area (TPSA) is 112 Å². The molecule has 6 aromatic heterocycles. The van der Waals surface area contributed by atoms with E-state index in [1.807, 2.05) is 31.2 Å². The van der Waals surface area contributed by atoms with Crippen LogP contribution < -0.4 is 0 Å². The van der Waals surface area contributed by atoms with Gasteiger partial charge in [-0.25, -0.2) is 24.3 Å². The van der Waals surface area contributed by atoms with Crippen molar-refractivity contribution in [3.63, 3.8) is 0 Å². The minimum Gasteiger partial charge on any atom is -0.445 e. The first kappa shape index (κ1) is 67.3. The zero-order chi connectivity index (χ0) is 71.0. The molecule has 0 aliphatic heterocycles. The van der Waals surface area contributed by atoms with E-state index in [-0.39, 0.29) is 28.4 Å². The van der Waals surface area contributed by atoms with E-state index >= 15 is 0 Å². The molecule has 12 heteroatoms. The lowest BCUT2D eigenvalue weighted by Crippen LogP contribution is -2.50. The van der Waals surface area contributed by atoms with E-state index in [1.165, 1.54) is 151 Å². The summed E-state index contributed by atoms with van der Waals surface area (Å²) in [4.78, 5) is 29.6. The lowest BCUT2D eigenvalue weighted by atomic mass is 9.47. The fraction of sp³-hybridized carbons (Fsp3) is 0.495. The summed E-state index contributed by atoms with van der Waals surface area (Å²) in [5.74, 6) is 6.86. The van der Waals surface area contributed by atoms with Crippen LogP contribution >= 0.6 is 0 Å². The van der Waals surface area contributed by atoms with Crippen LogP contribution in [0.15, 0.2) is 219 Å². The monoisotopic (exact) mass is 1400 g/mol. The standard InChI is InChI=1S/C33H38N2O.C30H34N4O2.C30H35N3/c1-32-16-11-26(36-22-23-13-18-34-19-14-23)21-25(32)7-8-27-28-9-10-31(33(28,2)17-12-29(27)32)35-20-15-24-5-3-4-6-30(24)35;1-29-13-11-21(36-28(35)33-16-15-31-18-33)17-20(29)7-8-22-23-9-10-27(30(23,2)14-12-24(22)29)34-19-32-25-5-3-4-6-26(25)34;1-29-14-11-23(32-18-16-31-20-32)19-22(29)7-8-24-25-9-10-28(30(25,2)15-12-26(24)29)33-17-13-21-5-3-4-6-27(21)33/h3-7,10,13-15,18-20,26-29H,8-9,11-12,16-17,21-22H2,1-2H3;3-7,10,15-16,18-19,21-24H,8-9,11-14,17H2,1-2H3;3-7,10,13,16-18,20,23-26H,8-9,11-12,14-15,19H2,1-2H3/t26?,27?,28?,29?,32-,33-;21?,22?,23?,24?,29-,30-;23?,24?,25?,26?,29-,30-/m000/s1. The Hall–Kier alpha value is -8.35. The molecule has 0 radical (unpaired) electrons. The molecule has 542 valence electrons. The van der Waals surface area contributed by atoms with Gasteiger partial charge in [0.05, 0.1) is 41.1 Å². The van der Waals surface area contributed by atoms with Crippen LogP contribution in [-0.4, -0.2) is 61.1 Å². The maximum absolute atomic E-state index is 12.5. The number of para-hydroxylation sites is 4. The van der Waals surface area contributed by atoms with Crippen molar-refractivity contribution in [3.05, 3.63) is 224 Å². The molecule has 105 heavy (non-hydrogen) atoms. The van der Waals surface area contributed by atoms with E-state index in [0.717, 1.165) is 79.5 Å². The van der Waals surface area contributed by atoms with Gasteiger partial charge in [-0.1, -0.05) is 143 Å². The second-order valence-corrected chi connectivity index (χ2v) is 35.9. The van der Waals surface area contributed by atoms with E-state index in [9.17, 15) is 4.79 Å². The molecule has 18 atom stereocenters. The number of hydrogen-bond donors (Lipinski definition) is 0. The van der Waals surface area contributed by atoms with Crippen LogP contribution in [0.4, 0.5) is 4.79 Å². The Morgan fingerprint density at radius 3 is 1.44 bits per heavy atom. The van der Waals surface area contributed by atoms with Crippen LogP contribution in [0, 0.1) is 85.8 Å². The summed E-state index contributed by atoms with van der Waals surface area (Å²) in [5.41, 5.74) is 17.5. The largest absolute Gasteiger partial charge is 0.445 e. The van der Waals surface area contributed by atoms with Crippen LogP contribution in [0.3, 0.4) is 0 Å². The molecule has 0 N–H and O–H groups in total. The van der Waals surface area contributed by atoms with Crippen molar-refractivity contribution in [3.8, 4) is 0 Å². The maximum Gasteiger partial charge on any atom is 0.419 e. The predicted molar refractivity (Wildman–Crippen MR) is 420 cm³/mol. The lowest BCUT2D eigenvalue weighted by Gasteiger charge is -2.58. The fourth-order valence-corrected chi connectivity index (χ4v) is 25.6. The number of benzene rings is 3. The van der Waals surface area contributed by atoms with Gasteiger partial charge in [-0.3, -0.25) is 4.98 Å². The summed E-state index contributed by atoms with van der Waals surface area (Å²) in [7, 11) is 0. The molecule has 0 saturated heterocycles. The zero-order valence-corrected chi connectivity index (χ0v) is 62.8. The number of rotatable bonds is 8. The minimum atomic E-state index is -0.319. The Morgan fingerprint density at radius 1 is 0.419 bits per heavy atom. The number of carbonyl (C=O) groups excluding carboxylic acids is 1. The Morgan fingerprint density at radius 2 is 0.895 bits per heavy atom. The minimum absolute atomic E-state index is 0.0427. The first-order chi connectivity index (χ1) is 51.1. The number of aromatic nitrogens is 9. The molecule has 12 aliphatic rings. The van der Waals surface area contributed by atoms with Gasteiger partial charge in [0.25, 0.3) is 0 Å². The van der Waals surface area contributed by atoms with Gasteiger partial charge in [0.1, 0.15) is 18.8 Å². The molecule has 12 nitrogen and oxygen atoms in total. The van der Waals surface area contributed by atoms with E-state index in [2.05, 4.69) is 227 Å². The second-order valence-electron chi connectivity index (χ2n) is 35.9. The van der Waals surface area contributed by atoms with Crippen LogP contribution in [0.2, 0.25) is 0 Å². The van der Waals surface area contributed by atoms with E-state index < -0.39 is 0 Å². The molecule has 0 bridgehead atoms. The van der Waals surface area contributed by atoms with Crippen molar-refractivity contribution in [2.24, 2.45) is 85.8 Å². The normalized spacial score (nSPS) is 36.2. The third kappa shape index (κ3) is 11.0. The maximum atomic E-state index is 12.5. The average molecular weight is 1400 g/mol. The lowest BCUT2D eigenvalue weighted by molar-refractivity contribution is -0.0428. The number of imidazole rings is 3. The highest BCUT2D eigenvalue weighted by atomic mass is 16.6. The van der Waals surface area contributed by atoms with Gasteiger partial charge in [-0.05, 0) is 263 Å². The number of allylic oxidation sites excluding steroid dienone is 10. The summed E-state index contributed by atoms with van der Waals surface area (Å²) < 4.78 is 23.4. The number of hydrogen-bond acceptors (Lipinski definition) is 7. The fourth-order valence-electron chi connectivity index (χ4n) is 25.6. The van der Waals surface area contributed by atoms with Crippen molar-refractivity contribution in [2.75, 3.05) is 0 Å². The van der Waals surface area contributed by atoms with Gasteiger partial charge in [-0.2, -0.15) is 0 Å².